The molecule has 3 N–H and O–H groups in total. The Kier molecular flexibility index (Phi) is 7.28. The largest absolute Gasteiger partial charge is 0.503 e. The van der Waals surface area contributed by atoms with Gasteiger partial charge in [0.05, 0.1) is 19.4 Å². The molecule has 0 spiro atoms. The molecule has 0 fully saturated rings. The maximum Gasteiger partial charge on any atom is 0.223 e. The fourth-order valence-electron chi connectivity index (χ4n) is 2.06. The van der Waals surface area contributed by atoms with Crippen molar-refractivity contribution < 1.29 is 15.3 Å². The fourth-order valence-corrected chi connectivity index (χ4v) is 2.06. The number of aliphatic hydroxyl groups is 2. The van der Waals surface area contributed by atoms with Gasteiger partial charge in [-0.25, -0.2) is 0 Å². The molecule has 20 heavy (non-hydrogen) atoms. The van der Waals surface area contributed by atoms with Gasteiger partial charge in [-0.3, -0.25) is 9.69 Å². The summed E-state index contributed by atoms with van der Waals surface area (Å²) in [5, 5.41) is 27.6. The van der Waals surface area contributed by atoms with Crippen LogP contribution in [0.25, 0.3) is 0 Å². The predicted octanol–water partition coefficient (Wildman–Crippen LogP) is 0.141. The average molecular weight is 284 g/mol. The first-order chi connectivity index (χ1) is 9.62. The molecule has 0 saturated heterocycles. The second-order valence-electron chi connectivity index (χ2n) is 4.78. The number of aliphatic hydroxyl groups excluding tert-OH is 2. The van der Waals surface area contributed by atoms with E-state index in [1.54, 1.807) is 0 Å². The van der Waals surface area contributed by atoms with Crippen molar-refractivity contribution in [2.24, 2.45) is 0 Å². The molecule has 0 radical (unpaired) electrons. The topological polar surface area (TPSA) is 85.9 Å². The summed E-state index contributed by atoms with van der Waals surface area (Å²) < 4.78 is 1.86. The Balaban J connectivity index is 2.94. The smallest absolute Gasteiger partial charge is 0.223 e. The molecule has 0 aliphatic rings. The van der Waals surface area contributed by atoms with Crippen molar-refractivity contribution in [3.8, 4) is 5.75 Å². The quantitative estimate of drug-likeness (QED) is 0.600. The molecule has 0 aliphatic heterocycles. The Morgan fingerprint density at radius 1 is 1.25 bits per heavy atom. The third kappa shape index (κ3) is 4.96. The van der Waals surface area contributed by atoms with Crippen LogP contribution >= 0.6 is 0 Å². The maximum atomic E-state index is 11.6. The molecular weight excluding hydrogens is 260 g/mol. The average Bonchev–Trinajstić information content (AvgIpc) is 2.41. The normalized spacial score (nSPS) is 11.2. The van der Waals surface area contributed by atoms with Crippen LogP contribution in [0.15, 0.2) is 17.1 Å². The summed E-state index contributed by atoms with van der Waals surface area (Å²) in [7, 11) is 0. The van der Waals surface area contributed by atoms with Crippen LogP contribution in [0.1, 0.15) is 25.5 Å². The van der Waals surface area contributed by atoms with Gasteiger partial charge in [-0.2, -0.15) is 0 Å². The Labute approximate surface area is 118 Å². The standard InChI is InChI=1S/C14H24N2O4/c1-2-3-4-16-11-14(20)13(19)9-12(16)10-15(5-7-17)6-8-18/h9,11,17-18,20H,2-8,10H2,1H3. The maximum absolute atomic E-state index is 11.6. The highest BCUT2D eigenvalue weighted by molar-refractivity contribution is 5.20. The molecule has 0 atom stereocenters. The lowest BCUT2D eigenvalue weighted by molar-refractivity contribution is 0.153. The number of unbranched alkanes of at least 4 members (excludes halogenated alkanes) is 1. The fraction of sp³-hybridized carbons (Fsp3) is 0.643. The first-order valence-electron chi connectivity index (χ1n) is 6.98. The zero-order valence-electron chi connectivity index (χ0n) is 12.0. The van der Waals surface area contributed by atoms with E-state index < -0.39 is 5.43 Å². The van der Waals surface area contributed by atoms with Gasteiger partial charge in [0.25, 0.3) is 0 Å². The second-order valence-corrected chi connectivity index (χ2v) is 4.78. The zero-order valence-corrected chi connectivity index (χ0v) is 12.0. The van der Waals surface area contributed by atoms with Crippen LogP contribution in [-0.4, -0.2) is 51.1 Å². The van der Waals surface area contributed by atoms with E-state index in [4.69, 9.17) is 10.2 Å². The zero-order chi connectivity index (χ0) is 15.0. The lowest BCUT2D eigenvalue weighted by Gasteiger charge is -2.22. The molecule has 0 unspecified atom stereocenters. The predicted molar refractivity (Wildman–Crippen MR) is 76.7 cm³/mol. The first kappa shape index (κ1) is 16.7. The third-order valence-electron chi connectivity index (χ3n) is 3.17. The molecule has 6 nitrogen and oxygen atoms in total. The lowest BCUT2D eigenvalue weighted by atomic mass is 10.2. The molecule has 0 saturated carbocycles. The van der Waals surface area contributed by atoms with Crippen molar-refractivity contribution in [3.05, 3.63) is 28.2 Å². The van der Waals surface area contributed by atoms with E-state index in [9.17, 15) is 9.90 Å². The number of aryl methyl sites for hydroxylation is 1. The van der Waals surface area contributed by atoms with Crippen LogP contribution in [0.5, 0.6) is 5.75 Å². The van der Waals surface area contributed by atoms with Crippen LogP contribution in [0.4, 0.5) is 0 Å². The van der Waals surface area contributed by atoms with Gasteiger partial charge in [0, 0.05) is 37.9 Å². The summed E-state index contributed by atoms with van der Waals surface area (Å²) in [6.45, 7) is 4.12. The van der Waals surface area contributed by atoms with Gasteiger partial charge < -0.3 is 19.9 Å². The Bertz CT molecular complexity index is 453. The van der Waals surface area contributed by atoms with Gasteiger partial charge in [-0.05, 0) is 6.42 Å². The number of aromatic hydroxyl groups is 1. The Hall–Kier alpha value is -1.37. The summed E-state index contributed by atoms with van der Waals surface area (Å²) in [4.78, 5) is 13.5. The number of aromatic nitrogens is 1. The number of pyridine rings is 1. The van der Waals surface area contributed by atoms with Crippen LogP contribution < -0.4 is 5.43 Å². The van der Waals surface area contributed by atoms with Gasteiger partial charge in [0.1, 0.15) is 0 Å². The minimum Gasteiger partial charge on any atom is -0.503 e. The first-order valence-corrected chi connectivity index (χ1v) is 6.98. The molecular formula is C14H24N2O4. The van der Waals surface area contributed by atoms with Crippen molar-refractivity contribution >= 4 is 0 Å². The van der Waals surface area contributed by atoms with Crippen molar-refractivity contribution in [1.29, 1.82) is 0 Å². The Morgan fingerprint density at radius 2 is 1.90 bits per heavy atom. The highest BCUT2D eigenvalue weighted by Gasteiger charge is 2.10. The summed E-state index contributed by atoms with van der Waals surface area (Å²) in [5.74, 6) is -0.249. The van der Waals surface area contributed by atoms with Gasteiger partial charge in [0.2, 0.25) is 5.43 Å². The minimum atomic E-state index is -0.402. The van der Waals surface area contributed by atoms with Crippen molar-refractivity contribution in [2.75, 3.05) is 26.3 Å². The summed E-state index contributed by atoms with van der Waals surface area (Å²) in [6, 6.07) is 1.42. The van der Waals surface area contributed by atoms with Crippen LogP contribution in [-0.2, 0) is 13.1 Å². The number of rotatable bonds is 9. The van der Waals surface area contributed by atoms with E-state index in [0.29, 0.717) is 19.6 Å². The van der Waals surface area contributed by atoms with E-state index in [1.807, 2.05) is 9.47 Å². The van der Waals surface area contributed by atoms with Crippen LogP contribution in [0, 0.1) is 0 Å². The monoisotopic (exact) mass is 284 g/mol. The Morgan fingerprint density at radius 3 is 2.45 bits per heavy atom. The second kappa shape index (κ2) is 8.73. The van der Waals surface area contributed by atoms with Crippen LogP contribution in [0.3, 0.4) is 0 Å². The molecule has 1 aromatic heterocycles. The SMILES string of the molecule is CCCCn1cc(O)c(=O)cc1CN(CCO)CCO. The summed E-state index contributed by atoms with van der Waals surface area (Å²) >= 11 is 0. The van der Waals surface area contributed by atoms with Crippen molar-refractivity contribution in [2.45, 2.75) is 32.9 Å². The molecule has 0 aromatic carbocycles. The number of hydrogen-bond acceptors (Lipinski definition) is 5. The van der Waals surface area contributed by atoms with E-state index in [1.165, 1.54) is 12.3 Å². The van der Waals surface area contributed by atoms with E-state index in [-0.39, 0.29) is 19.0 Å². The number of nitrogens with zero attached hydrogens (tertiary/aromatic N) is 2. The van der Waals surface area contributed by atoms with Crippen molar-refractivity contribution in [3.63, 3.8) is 0 Å². The summed E-state index contributed by atoms with van der Waals surface area (Å²) in [6.07, 6.45) is 3.43. The van der Waals surface area contributed by atoms with Crippen molar-refractivity contribution in [1.82, 2.24) is 9.47 Å². The molecule has 6 heteroatoms. The van der Waals surface area contributed by atoms with Gasteiger partial charge in [-0.1, -0.05) is 13.3 Å². The van der Waals surface area contributed by atoms with E-state index in [2.05, 4.69) is 6.92 Å². The summed E-state index contributed by atoms with van der Waals surface area (Å²) in [5.41, 5.74) is 0.379. The molecule has 1 aromatic rings. The lowest BCUT2D eigenvalue weighted by Crippen LogP contribution is -2.31. The molecule has 0 aliphatic carbocycles. The van der Waals surface area contributed by atoms with E-state index in [0.717, 1.165) is 25.1 Å². The minimum absolute atomic E-state index is 0.00270. The molecule has 0 amide bonds. The van der Waals surface area contributed by atoms with E-state index >= 15 is 0 Å². The molecule has 1 heterocycles. The van der Waals surface area contributed by atoms with Gasteiger partial charge >= 0.3 is 0 Å². The van der Waals surface area contributed by atoms with Gasteiger partial charge in [0.15, 0.2) is 5.75 Å². The molecule has 114 valence electrons. The van der Waals surface area contributed by atoms with Gasteiger partial charge in [-0.15, -0.1) is 0 Å². The highest BCUT2D eigenvalue weighted by Crippen LogP contribution is 2.10. The third-order valence-corrected chi connectivity index (χ3v) is 3.17. The number of hydrogen-bond donors (Lipinski definition) is 3. The molecule has 1 rings (SSSR count). The highest BCUT2D eigenvalue weighted by atomic mass is 16.3. The van der Waals surface area contributed by atoms with Crippen LogP contribution in [0.2, 0.25) is 0 Å². The molecule has 0 bridgehead atoms.